The van der Waals surface area contributed by atoms with Crippen LogP contribution < -0.4 is 11.3 Å². The van der Waals surface area contributed by atoms with Crippen molar-refractivity contribution in [3.63, 3.8) is 0 Å². The molecule has 1 rings (SSSR count). The molecule has 0 aromatic carbocycles. The molecule has 0 spiro atoms. The van der Waals surface area contributed by atoms with Crippen LogP contribution >= 0.6 is 11.6 Å². The maximum Gasteiger partial charge on any atom is 0.255 e. The minimum Gasteiger partial charge on any atom is -0.395 e. The van der Waals surface area contributed by atoms with E-state index in [4.69, 9.17) is 22.6 Å². The number of anilines is 1. The Hall–Kier alpha value is -1.37. The van der Waals surface area contributed by atoms with E-state index in [1.54, 1.807) is 4.90 Å². The van der Waals surface area contributed by atoms with Crippen molar-refractivity contribution in [1.82, 2.24) is 9.88 Å². The van der Waals surface area contributed by atoms with Crippen molar-refractivity contribution in [2.45, 2.75) is 32.7 Å². The standard InChI is InChI=1S/C13H21ClN4O2/c1-3-10(4-2)18(5-6-19)13(20)9-7-11(14)12(17-15)16-8-9/h7-8,10,19H,3-6,15H2,1-2H3,(H,16,17). The molecule has 4 N–H and O–H groups in total. The number of aliphatic hydroxyl groups is 1. The van der Waals surface area contributed by atoms with Gasteiger partial charge in [0.1, 0.15) is 0 Å². The lowest BCUT2D eigenvalue weighted by Gasteiger charge is -2.30. The van der Waals surface area contributed by atoms with Crippen molar-refractivity contribution >= 4 is 23.3 Å². The molecule has 7 heteroatoms. The number of carbonyl (C=O) groups excluding carboxylic acids is 1. The van der Waals surface area contributed by atoms with Gasteiger partial charge in [0.15, 0.2) is 5.82 Å². The summed E-state index contributed by atoms with van der Waals surface area (Å²) in [5.74, 6) is 5.38. The maximum atomic E-state index is 12.5. The van der Waals surface area contributed by atoms with Crippen LogP contribution in [0.4, 0.5) is 5.82 Å². The molecule has 0 radical (unpaired) electrons. The van der Waals surface area contributed by atoms with Crippen molar-refractivity contribution in [2.24, 2.45) is 5.84 Å². The van der Waals surface area contributed by atoms with Gasteiger partial charge in [0, 0.05) is 18.8 Å². The largest absolute Gasteiger partial charge is 0.395 e. The summed E-state index contributed by atoms with van der Waals surface area (Å²) in [6, 6.07) is 1.61. The van der Waals surface area contributed by atoms with Crippen molar-refractivity contribution in [2.75, 3.05) is 18.6 Å². The molecule has 0 aliphatic heterocycles. The van der Waals surface area contributed by atoms with Gasteiger partial charge in [-0.1, -0.05) is 25.4 Å². The Kier molecular flexibility index (Phi) is 6.70. The van der Waals surface area contributed by atoms with E-state index in [0.717, 1.165) is 12.8 Å². The summed E-state index contributed by atoms with van der Waals surface area (Å²) in [5, 5.41) is 9.43. The summed E-state index contributed by atoms with van der Waals surface area (Å²) >= 11 is 5.98. The number of nitrogens with one attached hydrogen (secondary N) is 1. The first-order chi connectivity index (χ1) is 9.58. The molecule has 0 fully saturated rings. The smallest absolute Gasteiger partial charge is 0.255 e. The number of aliphatic hydroxyl groups excluding tert-OH is 1. The van der Waals surface area contributed by atoms with Gasteiger partial charge in [-0.25, -0.2) is 10.8 Å². The summed E-state index contributed by atoms with van der Waals surface area (Å²) in [6.07, 6.45) is 3.08. The van der Waals surface area contributed by atoms with E-state index in [0.29, 0.717) is 17.9 Å². The molecule has 0 atom stereocenters. The van der Waals surface area contributed by atoms with Crippen LogP contribution in [-0.4, -0.2) is 40.1 Å². The summed E-state index contributed by atoms with van der Waals surface area (Å²) < 4.78 is 0. The number of halogens is 1. The normalized spacial score (nSPS) is 10.7. The van der Waals surface area contributed by atoms with Crippen LogP contribution in [0.1, 0.15) is 37.0 Å². The van der Waals surface area contributed by atoms with Gasteiger partial charge < -0.3 is 15.4 Å². The van der Waals surface area contributed by atoms with Gasteiger partial charge in [0.25, 0.3) is 5.91 Å². The second-order valence-electron chi connectivity index (χ2n) is 4.39. The lowest BCUT2D eigenvalue weighted by Crippen LogP contribution is -2.41. The second kappa shape index (κ2) is 8.04. The molecule has 0 bridgehead atoms. The van der Waals surface area contributed by atoms with Gasteiger partial charge in [0.05, 0.1) is 17.2 Å². The molecule has 1 aromatic heterocycles. The lowest BCUT2D eigenvalue weighted by molar-refractivity contribution is 0.0622. The van der Waals surface area contributed by atoms with Crippen LogP contribution in [0.25, 0.3) is 0 Å². The van der Waals surface area contributed by atoms with E-state index < -0.39 is 0 Å². The molecule has 1 aromatic rings. The number of hydrogen-bond acceptors (Lipinski definition) is 5. The number of carbonyl (C=O) groups is 1. The van der Waals surface area contributed by atoms with E-state index in [1.807, 2.05) is 13.8 Å². The molecule has 1 heterocycles. The van der Waals surface area contributed by atoms with Gasteiger partial charge in [0.2, 0.25) is 0 Å². The Balaban J connectivity index is 3.02. The summed E-state index contributed by atoms with van der Waals surface area (Å²) in [7, 11) is 0. The first-order valence-corrected chi connectivity index (χ1v) is 7.00. The predicted octanol–water partition coefficient (Wildman–Crippen LogP) is 1.64. The number of nitrogens with two attached hydrogens (primary N) is 1. The first kappa shape index (κ1) is 16.7. The second-order valence-corrected chi connectivity index (χ2v) is 4.80. The molecule has 1 amide bonds. The molecule has 6 nitrogen and oxygen atoms in total. The monoisotopic (exact) mass is 300 g/mol. The predicted molar refractivity (Wildman–Crippen MR) is 79.5 cm³/mol. The fraction of sp³-hybridized carbons (Fsp3) is 0.538. The molecule has 0 saturated heterocycles. The van der Waals surface area contributed by atoms with Gasteiger partial charge in [-0.3, -0.25) is 4.79 Å². The fourth-order valence-corrected chi connectivity index (χ4v) is 2.33. The molecule has 0 aliphatic carbocycles. The Bertz CT molecular complexity index is 452. The van der Waals surface area contributed by atoms with Crippen molar-refractivity contribution in [1.29, 1.82) is 0 Å². The van der Waals surface area contributed by atoms with Crippen LogP contribution in [0.3, 0.4) is 0 Å². The molecular formula is C13H21ClN4O2. The summed E-state index contributed by atoms with van der Waals surface area (Å²) in [6.45, 7) is 4.24. The number of aromatic nitrogens is 1. The fourth-order valence-electron chi connectivity index (χ4n) is 2.11. The number of nitrogen functional groups attached to an aromatic ring is 1. The van der Waals surface area contributed by atoms with Gasteiger partial charge in [-0.2, -0.15) is 0 Å². The Morgan fingerprint density at radius 2 is 2.20 bits per heavy atom. The number of nitrogens with zero attached hydrogens (tertiary/aromatic N) is 2. The highest BCUT2D eigenvalue weighted by molar-refractivity contribution is 6.33. The lowest BCUT2D eigenvalue weighted by atomic mass is 10.1. The highest BCUT2D eigenvalue weighted by Crippen LogP contribution is 2.21. The molecule has 20 heavy (non-hydrogen) atoms. The van der Waals surface area contributed by atoms with E-state index in [2.05, 4.69) is 10.4 Å². The SMILES string of the molecule is CCC(CC)N(CCO)C(=O)c1cnc(NN)c(Cl)c1. The number of rotatable bonds is 7. The van der Waals surface area contributed by atoms with E-state index >= 15 is 0 Å². The third kappa shape index (κ3) is 3.82. The summed E-state index contributed by atoms with van der Waals surface area (Å²) in [4.78, 5) is 18.2. The topological polar surface area (TPSA) is 91.5 Å². The van der Waals surface area contributed by atoms with Gasteiger partial charge in [-0.05, 0) is 18.9 Å². The van der Waals surface area contributed by atoms with Crippen LogP contribution in [0.5, 0.6) is 0 Å². The Labute approximate surface area is 123 Å². The van der Waals surface area contributed by atoms with Crippen LogP contribution in [0.15, 0.2) is 12.3 Å². The molecular weight excluding hydrogens is 280 g/mol. The van der Waals surface area contributed by atoms with Crippen molar-refractivity contribution in [3.05, 3.63) is 22.8 Å². The Morgan fingerprint density at radius 3 is 2.65 bits per heavy atom. The van der Waals surface area contributed by atoms with Crippen molar-refractivity contribution in [3.8, 4) is 0 Å². The van der Waals surface area contributed by atoms with Gasteiger partial charge in [-0.15, -0.1) is 0 Å². The minimum atomic E-state index is -0.189. The van der Waals surface area contributed by atoms with Crippen LogP contribution in [0, 0.1) is 0 Å². The number of amides is 1. The van der Waals surface area contributed by atoms with E-state index in [9.17, 15) is 4.79 Å². The zero-order valence-electron chi connectivity index (χ0n) is 11.8. The number of hydrazine groups is 1. The highest BCUT2D eigenvalue weighted by atomic mass is 35.5. The van der Waals surface area contributed by atoms with E-state index in [-0.39, 0.29) is 23.6 Å². The van der Waals surface area contributed by atoms with Crippen molar-refractivity contribution < 1.29 is 9.90 Å². The maximum absolute atomic E-state index is 12.5. The zero-order chi connectivity index (χ0) is 15.1. The zero-order valence-corrected chi connectivity index (χ0v) is 12.5. The molecule has 0 unspecified atom stereocenters. The molecule has 0 saturated carbocycles. The third-order valence-electron chi connectivity index (χ3n) is 3.21. The Morgan fingerprint density at radius 1 is 1.55 bits per heavy atom. The number of pyridine rings is 1. The average molecular weight is 301 g/mol. The average Bonchev–Trinajstić information content (AvgIpc) is 2.46. The molecule has 0 aliphatic rings. The van der Waals surface area contributed by atoms with Crippen LogP contribution in [-0.2, 0) is 0 Å². The number of hydrogen-bond donors (Lipinski definition) is 3. The molecule has 112 valence electrons. The quantitative estimate of drug-likeness (QED) is 0.526. The third-order valence-corrected chi connectivity index (χ3v) is 3.50. The minimum absolute atomic E-state index is 0.0775. The first-order valence-electron chi connectivity index (χ1n) is 6.62. The van der Waals surface area contributed by atoms with Crippen LogP contribution in [0.2, 0.25) is 5.02 Å². The van der Waals surface area contributed by atoms with E-state index in [1.165, 1.54) is 12.3 Å². The summed E-state index contributed by atoms with van der Waals surface area (Å²) in [5.41, 5.74) is 2.74. The van der Waals surface area contributed by atoms with Gasteiger partial charge >= 0.3 is 0 Å². The highest BCUT2D eigenvalue weighted by Gasteiger charge is 2.22.